The summed E-state index contributed by atoms with van der Waals surface area (Å²) in [5.74, 6) is -1.51. The molecule has 0 saturated heterocycles. The van der Waals surface area contributed by atoms with Crippen molar-refractivity contribution in [1.29, 1.82) is 0 Å². The molecule has 0 aromatic heterocycles. The van der Waals surface area contributed by atoms with Crippen LogP contribution in [-0.2, 0) is 0 Å². The van der Waals surface area contributed by atoms with Crippen LogP contribution in [0.25, 0.3) is 0 Å². The standard InChI is InChI=1S/C20H34F2O/c1-8-13(2)9-10-14(3)15(4)11-12-16(5)17(6)19(21)20(22)18(7)23/h13-16,23H,6-12H2,1-5H3/b20-19-. The molecule has 0 aliphatic carbocycles. The van der Waals surface area contributed by atoms with Gasteiger partial charge in [-0.05, 0) is 42.1 Å². The predicted molar refractivity (Wildman–Crippen MR) is 95.6 cm³/mol. The van der Waals surface area contributed by atoms with Gasteiger partial charge in [0.15, 0.2) is 11.7 Å². The van der Waals surface area contributed by atoms with Crippen LogP contribution in [-0.4, -0.2) is 5.11 Å². The Morgan fingerprint density at radius 2 is 1.35 bits per heavy atom. The molecule has 0 aliphatic rings. The van der Waals surface area contributed by atoms with E-state index in [1.54, 1.807) is 0 Å². The number of hydrogen-bond donors (Lipinski definition) is 1. The van der Waals surface area contributed by atoms with Crippen LogP contribution in [0.4, 0.5) is 8.78 Å². The number of halogens is 2. The Balaban J connectivity index is 4.42. The average molecular weight is 328 g/mol. The minimum Gasteiger partial charge on any atom is -0.505 e. The van der Waals surface area contributed by atoms with Crippen molar-refractivity contribution < 1.29 is 13.9 Å². The van der Waals surface area contributed by atoms with E-state index in [-0.39, 0.29) is 11.5 Å². The van der Waals surface area contributed by atoms with Crippen LogP contribution in [0.3, 0.4) is 0 Å². The van der Waals surface area contributed by atoms with Crippen LogP contribution >= 0.6 is 0 Å². The largest absolute Gasteiger partial charge is 0.505 e. The van der Waals surface area contributed by atoms with Crippen molar-refractivity contribution in [3.8, 4) is 0 Å². The zero-order valence-electron chi connectivity index (χ0n) is 15.5. The Morgan fingerprint density at radius 1 is 0.870 bits per heavy atom. The first-order chi connectivity index (χ1) is 10.6. The van der Waals surface area contributed by atoms with Gasteiger partial charge in [0, 0.05) is 0 Å². The molecule has 1 N–H and O–H groups in total. The lowest BCUT2D eigenvalue weighted by molar-refractivity contribution is 0.299. The third-order valence-electron chi connectivity index (χ3n) is 5.16. The van der Waals surface area contributed by atoms with Gasteiger partial charge in [0.25, 0.3) is 0 Å². The molecule has 0 heterocycles. The first-order valence-corrected chi connectivity index (χ1v) is 8.74. The zero-order valence-corrected chi connectivity index (χ0v) is 15.5. The molecule has 0 amide bonds. The highest BCUT2D eigenvalue weighted by atomic mass is 19.2. The molecular formula is C20H34F2O. The van der Waals surface area contributed by atoms with Gasteiger partial charge >= 0.3 is 0 Å². The maximum absolute atomic E-state index is 13.8. The normalized spacial score (nSPS) is 17.9. The first kappa shape index (κ1) is 21.9. The van der Waals surface area contributed by atoms with E-state index in [0.29, 0.717) is 11.8 Å². The third-order valence-corrected chi connectivity index (χ3v) is 5.16. The fourth-order valence-electron chi connectivity index (χ4n) is 2.49. The van der Waals surface area contributed by atoms with Crippen molar-refractivity contribution in [2.24, 2.45) is 23.7 Å². The summed E-state index contributed by atoms with van der Waals surface area (Å²) < 4.78 is 27.2. The lowest BCUT2D eigenvalue weighted by Gasteiger charge is -2.23. The molecule has 4 unspecified atom stereocenters. The lowest BCUT2D eigenvalue weighted by Crippen LogP contribution is -2.12. The molecule has 0 fully saturated rings. The second-order valence-corrected chi connectivity index (χ2v) is 7.12. The summed E-state index contributed by atoms with van der Waals surface area (Å²) in [5.41, 5.74) is 0.0946. The quantitative estimate of drug-likeness (QED) is 0.312. The summed E-state index contributed by atoms with van der Waals surface area (Å²) in [6, 6.07) is 0. The fraction of sp³-hybridized carbons (Fsp3) is 0.700. The fourth-order valence-corrected chi connectivity index (χ4v) is 2.49. The molecule has 23 heavy (non-hydrogen) atoms. The molecular weight excluding hydrogens is 294 g/mol. The highest BCUT2D eigenvalue weighted by Crippen LogP contribution is 2.31. The van der Waals surface area contributed by atoms with Gasteiger partial charge in [0.1, 0.15) is 5.76 Å². The molecule has 1 nitrogen and oxygen atoms in total. The minimum absolute atomic E-state index is 0.0946. The Morgan fingerprint density at radius 3 is 1.78 bits per heavy atom. The molecule has 0 bridgehead atoms. The predicted octanol–water partition coefficient (Wildman–Crippen LogP) is 7.28. The third kappa shape index (κ3) is 7.81. The van der Waals surface area contributed by atoms with E-state index >= 15 is 0 Å². The molecule has 0 spiro atoms. The van der Waals surface area contributed by atoms with E-state index in [1.807, 2.05) is 6.92 Å². The molecule has 3 heteroatoms. The monoisotopic (exact) mass is 328 g/mol. The van der Waals surface area contributed by atoms with Gasteiger partial charge in [-0.3, -0.25) is 0 Å². The Kier molecular flexibility index (Phi) is 10.1. The van der Waals surface area contributed by atoms with Gasteiger partial charge in [0.05, 0.1) is 0 Å². The van der Waals surface area contributed by atoms with Gasteiger partial charge in [-0.1, -0.05) is 67.0 Å². The van der Waals surface area contributed by atoms with Crippen molar-refractivity contribution >= 4 is 0 Å². The molecule has 0 aliphatic heterocycles. The molecule has 0 aromatic carbocycles. The molecule has 4 atom stereocenters. The van der Waals surface area contributed by atoms with Gasteiger partial charge in [-0.25, -0.2) is 4.39 Å². The van der Waals surface area contributed by atoms with Crippen LogP contribution in [0.1, 0.15) is 66.7 Å². The van der Waals surface area contributed by atoms with E-state index in [9.17, 15) is 8.78 Å². The Bertz CT molecular complexity index is 425. The van der Waals surface area contributed by atoms with Crippen LogP contribution < -0.4 is 0 Å². The van der Waals surface area contributed by atoms with Crippen molar-refractivity contribution in [1.82, 2.24) is 0 Å². The first-order valence-electron chi connectivity index (χ1n) is 8.74. The second kappa shape index (κ2) is 10.6. The lowest BCUT2D eigenvalue weighted by atomic mass is 9.83. The van der Waals surface area contributed by atoms with Crippen LogP contribution in [0.5, 0.6) is 0 Å². The SMILES string of the molecule is C=C(O)/C(F)=C(/F)C(=C)C(C)CCC(C)C(C)CCC(C)CC. The Hall–Kier alpha value is -1.12. The summed E-state index contributed by atoms with van der Waals surface area (Å²) >= 11 is 0. The Labute approximate surface area is 141 Å². The number of aliphatic hydroxyl groups is 1. The van der Waals surface area contributed by atoms with Crippen molar-refractivity contribution in [2.45, 2.75) is 66.7 Å². The second-order valence-electron chi connectivity index (χ2n) is 7.12. The van der Waals surface area contributed by atoms with Gasteiger partial charge in [-0.15, -0.1) is 0 Å². The smallest absolute Gasteiger partial charge is 0.199 e. The topological polar surface area (TPSA) is 20.2 Å². The highest BCUT2D eigenvalue weighted by Gasteiger charge is 2.20. The van der Waals surface area contributed by atoms with E-state index in [2.05, 4.69) is 40.9 Å². The summed E-state index contributed by atoms with van der Waals surface area (Å²) in [6.45, 7) is 17.4. The zero-order chi connectivity index (χ0) is 18.2. The van der Waals surface area contributed by atoms with Crippen LogP contribution in [0.2, 0.25) is 0 Å². The molecule has 134 valence electrons. The molecule has 0 radical (unpaired) electrons. The summed E-state index contributed by atoms with van der Waals surface area (Å²) in [4.78, 5) is 0. The number of allylic oxidation sites excluding steroid dienone is 3. The number of aliphatic hydroxyl groups excluding tert-OH is 1. The molecule has 0 saturated carbocycles. The minimum atomic E-state index is -1.31. The van der Waals surface area contributed by atoms with Crippen LogP contribution in [0.15, 0.2) is 36.1 Å². The maximum Gasteiger partial charge on any atom is 0.199 e. The van der Waals surface area contributed by atoms with Crippen molar-refractivity contribution in [2.75, 3.05) is 0 Å². The van der Waals surface area contributed by atoms with Gasteiger partial charge in [-0.2, -0.15) is 4.39 Å². The molecule has 0 aromatic rings. The highest BCUT2D eigenvalue weighted by molar-refractivity contribution is 5.33. The van der Waals surface area contributed by atoms with E-state index in [4.69, 9.17) is 5.11 Å². The van der Waals surface area contributed by atoms with E-state index in [1.165, 1.54) is 19.3 Å². The number of hydrogen-bond acceptors (Lipinski definition) is 1. The summed E-state index contributed by atoms with van der Waals surface area (Å²) in [5, 5.41) is 8.93. The van der Waals surface area contributed by atoms with Gasteiger partial charge in [0.2, 0.25) is 0 Å². The maximum atomic E-state index is 13.8. The number of rotatable bonds is 11. The summed E-state index contributed by atoms with van der Waals surface area (Å²) in [7, 11) is 0. The van der Waals surface area contributed by atoms with Gasteiger partial charge < -0.3 is 5.11 Å². The van der Waals surface area contributed by atoms with Crippen LogP contribution in [0, 0.1) is 23.7 Å². The summed E-state index contributed by atoms with van der Waals surface area (Å²) in [6.07, 6.45) is 5.37. The molecule has 0 rings (SSSR count). The van der Waals surface area contributed by atoms with E-state index < -0.39 is 17.4 Å². The van der Waals surface area contributed by atoms with Crippen molar-refractivity contribution in [3.63, 3.8) is 0 Å². The average Bonchev–Trinajstić information content (AvgIpc) is 2.54. The van der Waals surface area contributed by atoms with Crippen molar-refractivity contribution in [3.05, 3.63) is 36.1 Å². The van der Waals surface area contributed by atoms with E-state index in [0.717, 1.165) is 18.8 Å².